The summed E-state index contributed by atoms with van der Waals surface area (Å²) < 4.78 is 1.73. The molecule has 0 aliphatic rings. The zero-order chi connectivity index (χ0) is 17.9. The van der Waals surface area contributed by atoms with Gasteiger partial charge < -0.3 is 10.6 Å². The highest BCUT2D eigenvalue weighted by molar-refractivity contribution is 5.92. The van der Waals surface area contributed by atoms with Gasteiger partial charge in [-0.25, -0.2) is 9.97 Å². The third-order valence-corrected chi connectivity index (χ3v) is 4.07. The van der Waals surface area contributed by atoms with Crippen molar-refractivity contribution in [1.82, 2.24) is 25.0 Å². The van der Waals surface area contributed by atoms with Crippen LogP contribution in [0.2, 0.25) is 0 Å². The summed E-state index contributed by atoms with van der Waals surface area (Å²) >= 11 is 0. The van der Waals surface area contributed by atoms with Crippen LogP contribution in [-0.2, 0) is 0 Å². The molecule has 0 spiro atoms. The molecule has 0 fully saturated rings. The first kappa shape index (κ1) is 17.1. The standard InChI is InChI=1S/C19H23N5O/c1-14(15-8-5-4-6-9-15)23-19(2,3)13-21-17(25)16-12-24-11-7-10-20-18(24)22-16/h4-12,14,23H,13H2,1-3H3,(H,21,25)/t14-/m0/s1. The molecule has 130 valence electrons. The summed E-state index contributed by atoms with van der Waals surface area (Å²) in [5, 5.41) is 6.51. The van der Waals surface area contributed by atoms with Gasteiger partial charge >= 0.3 is 0 Å². The zero-order valence-corrected chi connectivity index (χ0v) is 14.7. The molecule has 0 bridgehead atoms. The molecule has 1 atom stereocenters. The summed E-state index contributed by atoms with van der Waals surface area (Å²) in [6.07, 6.45) is 5.16. The maximum Gasteiger partial charge on any atom is 0.271 e. The summed E-state index contributed by atoms with van der Waals surface area (Å²) in [4.78, 5) is 20.7. The van der Waals surface area contributed by atoms with E-state index in [0.29, 0.717) is 18.0 Å². The normalized spacial score (nSPS) is 12.9. The first-order chi connectivity index (χ1) is 11.9. The highest BCUT2D eigenvalue weighted by Gasteiger charge is 2.22. The molecule has 0 unspecified atom stereocenters. The second-order valence-electron chi connectivity index (χ2n) is 6.80. The number of amides is 1. The van der Waals surface area contributed by atoms with E-state index in [1.54, 1.807) is 22.9 Å². The summed E-state index contributed by atoms with van der Waals surface area (Å²) in [5.74, 6) is 0.315. The maximum absolute atomic E-state index is 12.4. The first-order valence-corrected chi connectivity index (χ1v) is 8.35. The van der Waals surface area contributed by atoms with E-state index in [2.05, 4.69) is 53.5 Å². The molecular weight excluding hydrogens is 314 g/mol. The van der Waals surface area contributed by atoms with Gasteiger partial charge in [-0.15, -0.1) is 0 Å². The number of aromatic nitrogens is 3. The Balaban J connectivity index is 1.60. The lowest BCUT2D eigenvalue weighted by Crippen LogP contribution is -2.49. The van der Waals surface area contributed by atoms with Crippen LogP contribution in [0.3, 0.4) is 0 Å². The Bertz CT molecular complexity index is 823. The van der Waals surface area contributed by atoms with E-state index in [9.17, 15) is 4.79 Å². The van der Waals surface area contributed by atoms with Crippen molar-refractivity contribution in [3.63, 3.8) is 0 Å². The average molecular weight is 337 g/mol. The van der Waals surface area contributed by atoms with Gasteiger partial charge in [-0.2, -0.15) is 0 Å². The number of hydrogen-bond donors (Lipinski definition) is 2. The minimum atomic E-state index is -0.262. The summed E-state index contributed by atoms with van der Waals surface area (Å²) in [6.45, 7) is 6.74. The molecule has 3 rings (SSSR count). The van der Waals surface area contributed by atoms with Crippen molar-refractivity contribution in [3.8, 4) is 0 Å². The van der Waals surface area contributed by atoms with Crippen molar-refractivity contribution < 1.29 is 4.79 Å². The van der Waals surface area contributed by atoms with Gasteiger partial charge in [0.05, 0.1) is 0 Å². The number of nitrogens with one attached hydrogen (secondary N) is 2. The van der Waals surface area contributed by atoms with E-state index in [4.69, 9.17) is 0 Å². The Morgan fingerprint density at radius 1 is 1.24 bits per heavy atom. The first-order valence-electron chi connectivity index (χ1n) is 8.35. The van der Waals surface area contributed by atoms with Gasteiger partial charge in [-0.05, 0) is 32.4 Å². The molecule has 2 aromatic heterocycles. The Kier molecular flexibility index (Phi) is 4.81. The number of nitrogens with zero attached hydrogens (tertiary/aromatic N) is 3. The monoisotopic (exact) mass is 337 g/mol. The summed E-state index contributed by atoms with van der Waals surface area (Å²) in [5.41, 5.74) is 1.32. The van der Waals surface area contributed by atoms with Crippen LogP contribution in [0.15, 0.2) is 55.0 Å². The lowest BCUT2D eigenvalue weighted by molar-refractivity contribution is 0.0936. The van der Waals surface area contributed by atoms with Crippen molar-refractivity contribution in [3.05, 3.63) is 66.2 Å². The zero-order valence-electron chi connectivity index (χ0n) is 14.7. The fourth-order valence-corrected chi connectivity index (χ4v) is 2.79. The SMILES string of the molecule is C[C@H](NC(C)(C)CNC(=O)c1cn2cccnc2n1)c1ccccc1. The molecule has 3 aromatic rings. The minimum absolute atomic E-state index is 0.187. The largest absolute Gasteiger partial charge is 0.349 e. The molecule has 0 saturated carbocycles. The third kappa shape index (κ3) is 4.22. The fourth-order valence-electron chi connectivity index (χ4n) is 2.79. The van der Waals surface area contributed by atoms with Crippen molar-refractivity contribution in [2.75, 3.05) is 6.54 Å². The van der Waals surface area contributed by atoms with Crippen LogP contribution in [0.5, 0.6) is 0 Å². The number of carbonyl (C=O) groups excluding carboxylic acids is 1. The van der Waals surface area contributed by atoms with E-state index >= 15 is 0 Å². The second-order valence-corrected chi connectivity index (χ2v) is 6.80. The molecule has 1 aromatic carbocycles. The topological polar surface area (TPSA) is 71.3 Å². The minimum Gasteiger partial charge on any atom is -0.349 e. The Hall–Kier alpha value is -2.73. The second kappa shape index (κ2) is 7.03. The van der Waals surface area contributed by atoms with Gasteiger partial charge in [-0.1, -0.05) is 30.3 Å². The van der Waals surface area contributed by atoms with Gasteiger partial charge in [0.25, 0.3) is 5.91 Å². The molecule has 0 aliphatic heterocycles. The number of carbonyl (C=O) groups is 1. The summed E-state index contributed by atoms with van der Waals surface area (Å²) in [7, 11) is 0. The fraction of sp³-hybridized carbons (Fsp3) is 0.316. The van der Waals surface area contributed by atoms with Gasteiger partial charge in [0.2, 0.25) is 5.78 Å². The number of imidazole rings is 1. The van der Waals surface area contributed by atoms with E-state index in [-0.39, 0.29) is 17.5 Å². The van der Waals surface area contributed by atoms with Crippen LogP contribution < -0.4 is 10.6 Å². The molecule has 0 aliphatic carbocycles. The van der Waals surface area contributed by atoms with Gasteiger partial charge in [0.15, 0.2) is 0 Å². The van der Waals surface area contributed by atoms with E-state index in [1.807, 2.05) is 24.4 Å². The van der Waals surface area contributed by atoms with Crippen molar-refractivity contribution in [1.29, 1.82) is 0 Å². The average Bonchev–Trinajstić information content (AvgIpc) is 3.04. The molecule has 25 heavy (non-hydrogen) atoms. The maximum atomic E-state index is 12.4. The Morgan fingerprint density at radius 3 is 2.72 bits per heavy atom. The van der Waals surface area contributed by atoms with Crippen molar-refractivity contribution in [2.24, 2.45) is 0 Å². The molecular formula is C19H23N5O. The molecule has 0 saturated heterocycles. The lowest BCUT2D eigenvalue weighted by Gasteiger charge is -2.30. The highest BCUT2D eigenvalue weighted by atomic mass is 16.1. The van der Waals surface area contributed by atoms with Crippen molar-refractivity contribution in [2.45, 2.75) is 32.4 Å². The van der Waals surface area contributed by atoms with Crippen LogP contribution in [0, 0.1) is 0 Å². The smallest absolute Gasteiger partial charge is 0.271 e. The van der Waals surface area contributed by atoms with Crippen LogP contribution >= 0.6 is 0 Å². The predicted octanol–water partition coefficient (Wildman–Crippen LogP) is 2.59. The Morgan fingerprint density at radius 2 is 2.00 bits per heavy atom. The summed E-state index contributed by atoms with van der Waals surface area (Å²) in [6, 6.07) is 12.2. The van der Waals surface area contributed by atoms with E-state index < -0.39 is 0 Å². The quantitative estimate of drug-likeness (QED) is 0.725. The Labute approximate surface area is 147 Å². The molecule has 2 N–H and O–H groups in total. The lowest BCUT2D eigenvalue weighted by atomic mass is 10.0. The third-order valence-electron chi connectivity index (χ3n) is 4.07. The van der Waals surface area contributed by atoms with Crippen LogP contribution in [0.1, 0.15) is 42.9 Å². The number of benzene rings is 1. The molecule has 0 radical (unpaired) electrons. The molecule has 1 amide bonds. The van der Waals surface area contributed by atoms with Crippen LogP contribution in [0.4, 0.5) is 0 Å². The van der Waals surface area contributed by atoms with E-state index in [0.717, 1.165) is 0 Å². The van der Waals surface area contributed by atoms with Crippen molar-refractivity contribution >= 4 is 11.7 Å². The number of hydrogen-bond acceptors (Lipinski definition) is 4. The van der Waals surface area contributed by atoms with Crippen LogP contribution in [-0.4, -0.2) is 32.4 Å². The van der Waals surface area contributed by atoms with Crippen LogP contribution in [0.25, 0.3) is 5.78 Å². The number of fused-ring (bicyclic) bond motifs is 1. The molecule has 6 nitrogen and oxygen atoms in total. The molecule has 6 heteroatoms. The van der Waals surface area contributed by atoms with E-state index in [1.165, 1.54) is 5.56 Å². The predicted molar refractivity (Wildman–Crippen MR) is 97.4 cm³/mol. The van der Waals surface area contributed by atoms with Gasteiger partial charge in [0.1, 0.15) is 5.69 Å². The molecule has 2 heterocycles. The highest BCUT2D eigenvalue weighted by Crippen LogP contribution is 2.15. The van der Waals surface area contributed by atoms with Gasteiger partial charge in [0, 0.05) is 36.7 Å². The number of rotatable bonds is 6. The van der Waals surface area contributed by atoms with Gasteiger partial charge in [-0.3, -0.25) is 9.20 Å².